The fraction of sp³-hybridized carbons (Fsp3) is 0.263. The molecule has 1 aliphatic rings. The lowest BCUT2D eigenvalue weighted by Gasteiger charge is -2.20. The van der Waals surface area contributed by atoms with Crippen molar-refractivity contribution in [1.29, 1.82) is 0 Å². The maximum Gasteiger partial charge on any atom is 0.339 e. The minimum Gasteiger partial charge on any atom is -0.478 e. The normalized spacial score (nSPS) is 16.2. The summed E-state index contributed by atoms with van der Waals surface area (Å²) in [4.78, 5) is 24.5. The van der Waals surface area contributed by atoms with Gasteiger partial charge in [0, 0.05) is 18.7 Å². The van der Waals surface area contributed by atoms with Gasteiger partial charge in [0.15, 0.2) is 6.10 Å². The highest BCUT2D eigenvalue weighted by Gasteiger charge is 2.31. The molecule has 0 fully saturated rings. The molecule has 0 radical (unpaired) electrons. The van der Waals surface area contributed by atoms with Crippen molar-refractivity contribution in [3.8, 4) is 5.75 Å². The molecule has 1 amide bonds. The SMILES string of the molecule is COC(=O)c1cc(NC(=O)C2CCN(S(C)(=O)=O)c3ccccc3O2)ccc1Cl. The van der Waals surface area contributed by atoms with E-state index in [-0.39, 0.29) is 23.6 Å². The number of esters is 1. The van der Waals surface area contributed by atoms with Crippen LogP contribution in [0, 0.1) is 0 Å². The van der Waals surface area contributed by atoms with Gasteiger partial charge in [0.1, 0.15) is 5.75 Å². The Kier molecular flexibility index (Phi) is 5.99. The average Bonchev–Trinajstić information content (AvgIpc) is 2.88. The number of carbonyl (C=O) groups is 2. The zero-order chi connectivity index (χ0) is 21.2. The Labute approximate surface area is 173 Å². The molecule has 8 nitrogen and oxygen atoms in total. The van der Waals surface area contributed by atoms with E-state index in [0.717, 1.165) is 6.26 Å². The van der Waals surface area contributed by atoms with Crippen LogP contribution in [-0.4, -0.2) is 46.3 Å². The summed E-state index contributed by atoms with van der Waals surface area (Å²) < 4.78 is 36.0. The Balaban J connectivity index is 1.84. The number of carbonyl (C=O) groups excluding carboxylic acids is 2. The predicted molar refractivity (Wildman–Crippen MR) is 109 cm³/mol. The molecule has 1 N–H and O–H groups in total. The topological polar surface area (TPSA) is 102 Å². The number of para-hydroxylation sites is 2. The number of hydrogen-bond acceptors (Lipinski definition) is 6. The van der Waals surface area contributed by atoms with Crippen molar-refractivity contribution < 1.29 is 27.5 Å². The lowest BCUT2D eigenvalue weighted by Crippen LogP contribution is -2.36. The van der Waals surface area contributed by atoms with Crippen LogP contribution in [0.3, 0.4) is 0 Å². The molecule has 29 heavy (non-hydrogen) atoms. The van der Waals surface area contributed by atoms with Crippen molar-refractivity contribution in [1.82, 2.24) is 0 Å². The highest BCUT2D eigenvalue weighted by Crippen LogP contribution is 2.34. The summed E-state index contributed by atoms with van der Waals surface area (Å²) in [5, 5.41) is 2.86. The van der Waals surface area contributed by atoms with Crippen molar-refractivity contribution in [3.63, 3.8) is 0 Å². The first kappa shape index (κ1) is 20.9. The monoisotopic (exact) mass is 438 g/mol. The number of nitrogens with one attached hydrogen (secondary N) is 1. The van der Waals surface area contributed by atoms with Crippen molar-refractivity contribution in [2.24, 2.45) is 0 Å². The summed E-state index contributed by atoms with van der Waals surface area (Å²) in [6.07, 6.45) is 0.317. The van der Waals surface area contributed by atoms with Crippen molar-refractivity contribution in [2.75, 3.05) is 29.5 Å². The Bertz CT molecular complexity index is 1060. The summed E-state index contributed by atoms with van der Waals surface area (Å²) in [6, 6.07) is 11.0. The molecule has 0 saturated carbocycles. The van der Waals surface area contributed by atoms with Crippen molar-refractivity contribution in [3.05, 3.63) is 53.1 Å². The molecule has 0 aliphatic carbocycles. The van der Waals surface area contributed by atoms with Crippen LogP contribution >= 0.6 is 11.6 Å². The minimum absolute atomic E-state index is 0.0853. The van der Waals surface area contributed by atoms with Gasteiger partial charge in [-0.2, -0.15) is 0 Å². The molecule has 3 rings (SSSR count). The number of benzene rings is 2. The van der Waals surface area contributed by atoms with Crippen LogP contribution in [0.5, 0.6) is 5.75 Å². The number of fused-ring (bicyclic) bond motifs is 1. The van der Waals surface area contributed by atoms with Crippen LogP contribution in [0.4, 0.5) is 11.4 Å². The molecule has 10 heteroatoms. The van der Waals surface area contributed by atoms with Gasteiger partial charge in [0.2, 0.25) is 10.0 Å². The first-order valence-electron chi connectivity index (χ1n) is 8.63. The smallest absolute Gasteiger partial charge is 0.339 e. The third-order valence-electron chi connectivity index (χ3n) is 4.33. The Morgan fingerprint density at radius 2 is 1.97 bits per heavy atom. The number of halogens is 1. The van der Waals surface area contributed by atoms with Crippen LogP contribution in [0.25, 0.3) is 0 Å². The second-order valence-corrected chi connectivity index (χ2v) is 8.69. The Morgan fingerprint density at radius 1 is 1.24 bits per heavy atom. The number of amides is 1. The summed E-state index contributed by atoms with van der Waals surface area (Å²) in [7, 11) is -2.31. The van der Waals surface area contributed by atoms with E-state index in [1.165, 1.54) is 23.5 Å². The number of sulfonamides is 1. The van der Waals surface area contributed by atoms with E-state index in [0.29, 0.717) is 17.1 Å². The van der Waals surface area contributed by atoms with Crippen LogP contribution in [0.15, 0.2) is 42.5 Å². The number of methoxy groups -OCH3 is 1. The molecule has 1 heterocycles. The van der Waals surface area contributed by atoms with Crippen molar-refractivity contribution >= 4 is 44.9 Å². The van der Waals surface area contributed by atoms with E-state index in [9.17, 15) is 18.0 Å². The lowest BCUT2D eigenvalue weighted by molar-refractivity contribution is -0.122. The van der Waals surface area contributed by atoms with E-state index >= 15 is 0 Å². The van der Waals surface area contributed by atoms with Crippen LogP contribution in [0.1, 0.15) is 16.8 Å². The van der Waals surface area contributed by atoms with E-state index in [1.807, 2.05) is 0 Å². The summed E-state index contributed by atoms with van der Waals surface area (Å²) >= 11 is 5.99. The van der Waals surface area contributed by atoms with Crippen LogP contribution in [-0.2, 0) is 19.6 Å². The standard InChI is InChI=1S/C19H19ClN2O6S/c1-27-19(24)13-11-12(7-8-14(13)20)21-18(23)17-9-10-22(29(2,25)26)15-5-3-4-6-16(15)28-17/h3-8,11,17H,9-10H2,1-2H3,(H,21,23). The van der Waals surface area contributed by atoms with E-state index < -0.39 is 28.0 Å². The molecule has 2 aromatic carbocycles. The van der Waals surface area contributed by atoms with E-state index in [2.05, 4.69) is 10.1 Å². The fourth-order valence-corrected chi connectivity index (χ4v) is 4.09. The van der Waals surface area contributed by atoms with Gasteiger partial charge >= 0.3 is 5.97 Å². The molecule has 154 valence electrons. The molecule has 1 atom stereocenters. The molecule has 2 aromatic rings. The molecule has 0 spiro atoms. The number of rotatable bonds is 4. The minimum atomic E-state index is -3.54. The number of nitrogens with zero attached hydrogens (tertiary/aromatic N) is 1. The zero-order valence-electron chi connectivity index (χ0n) is 15.7. The summed E-state index contributed by atoms with van der Waals surface area (Å²) in [6.45, 7) is 0.0853. The van der Waals surface area contributed by atoms with Gasteiger partial charge in [0.05, 0.1) is 29.6 Å². The zero-order valence-corrected chi connectivity index (χ0v) is 17.3. The highest BCUT2D eigenvalue weighted by atomic mass is 35.5. The lowest BCUT2D eigenvalue weighted by atomic mass is 10.2. The van der Waals surface area contributed by atoms with Gasteiger partial charge in [-0.05, 0) is 30.3 Å². The third-order valence-corrected chi connectivity index (χ3v) is 5.84. The molecule has 1 unspecified atom stereocenters. The second kappa shape index (κ2) is 8.30. The number of ether oxygens (including phenoxy) is 2. The average molecular weight is 439 g/mol. The fourth-order valence-electron chi connectivity index (χ4n) is 2.95. The quantitative estimate of drug-likeness (QED) is 0.736. The molecular formula is C19H19ClN2O6S. The van der Waals surface area contributed by atoms with Gasteiger partial charge < -0.3 is 14.8 Å². The largest absolute Gasteiger partial charge is 0.478 e. The molecule has 0 saturated heterocycles. The number of anilines is 2. The third kappa shape index (κ3) is 4.63. The van der Waals surface area contributed by atoms with Gasteiger partial charge in [0.25, 0.3) is 5.91 Å². The number of hydrogen-bond donors (Lipinski definition) is 1. The molecular weight excluding hydrogens is 420 g/mol. The van der Waals surface area contributed by atoms with Gasteiger partial charge in [-0.15, -0.1) is 0 Å². The summed E-state index contributed by atoms with van der Waals surface area (Å²) in [5.74, 6) is -0.815. The molecule has 0 aromatic heterocycles. The second-order valence-electron chi connectivity index (χ2n) is 6.37. The van der Waals surface area contributed by atoms with Crippen molar-refractivity contribution in [2.45, 2.75) is 12.5 Å². The Morgan fingerprint density at radius 3 is 2.66 bits per heavy atom. The highest BCUT2D eigenvalue weighted by molar-refractivity contribution is 7.92. The van der Waals surface area contributed by atoms with E-state index in [1.54, 1.807) is 30.3 Å². The Hall–Kier alpha value is -2.78. The van der Waals surface area contributed by atoms with Gasteiger partial charge in [-0.1, -0.05) is 23.7 Å². The first-order valence-corrected chi connectivity index (χ1v) is 10.9. The van der Waals surface area contributed by atoms with Crippen LogP contribution in [0.2, 0.25) is 5.02 Å². The van der Waals surface area contributed by atoms with Gasteiger partial charge in [-0.3, -0.25) is 9.10 Å². The predicted octanol–water partition coefficient (Wildman–Crippen LogP) is 2.68. The van der Waals surface area contributed by atoms with Gasteiger partial charge in [-0.25, -0.2) is 13.2 Å². The maximum atomic E-state index is 12.8. The maximum absolute atomic E-state index is 12.8. The molecule has 1 aliphatic heterocycles. The first-order chi connectivity index (χ1) is 13.7. The van der Waals surface area contributed by atoms with E-state index in [4.69, 9.17) is 16.3 Å². The summed E-state index contributed by atoms with van der Waals surface area (Å²) in [5.41, 5.74) is 0.827. The van der Waals surface area contributed by atoms with Crippen LogP contribution < -0.4 is 14.4 Å². The molecule has 0 bridgehead atoms.